The highest BCUT2D eigenvalue weighted by Gasteiger charge is 2.27. The maximum Gasteiger partial charge on any atom is 0.243 e. The fourth-order valence-electron chi connectivity index (χ4n) is 4.18. The number of hydrogen-bond donors (Lipinski definition) is 0. The molecule has 9 heteroatoms. The predicted molar refractivity (Wildman–Crippen MR) is 134 cm³/mol. The van der Waals surface area contributed by atoms with Crippen molar-refractivity contribution in [3.8, 4) is 0 Å². The lowest BCUT2D eigenvalue weighted by molar-refractivity contribution is 0.0730. The van der Waals surface area contributed by atoms with Crippen LogP contribution in [0.4, 0.5) is 0 Å². The van der Waals surface area contributed by atoms with Gasteiger partial charge >= 0.3 is 0 Å². The molecular formula is C25H25N3O4S2. The van der Waals surface area contributed by atoms with Crippen LogP contribution in [0.15, 0.2) is 70.7 Å². The number of aromatic nitrogens is 2. The first kappa shape index (κ1) is 23.0. The zero-order valence-corrected chi connectivity index (χ0v) is 20.4. The number of hydrogen-bond acceptors (Lipinski definition) is 6. The van der Waals surface area contributed by atoms with Crippen LogP contribution in [0.25, 0.3) is 21.8 Å². The van der Waals surface area contributed by atoms with Gasteiger partial charge in [-0.2, -0.15) is 4.31 Å². The number of aryl methyl sites for hydroxylation is 1. The minimum atomic E-state index is -3.60. The summed E-state index contributed by atoms with van der Waals surface area (Å²) in [7, 11) is -3.60. The number of morpholine rings is 1. The molecule has 0 spiro atoms. The van der Waals surface area contributed by atoms with Crippen LogP contribution in [0.1, 0.15) is 17.3 Å². The first-order chi connectivity index (χ1) is 16.5. The summed E-state index contributed by atoms with van der Waals surface area (Å²) < 4.78 is 34.8. The lowest BCUT2D eigenvalue weighted by Crippen LogP contribution is -2.40. The van der Waals surface area contributed by atoms with Gasteiger partial charge in [0.15, 0.2) is 10.9 Å². The van der Waals surface area contributed by atoms with Gasteiger partial charge in [-0.05, 0) is 42.0 Å². The highest BCUT2D eigenvalue weighted by atomic mass is 32.2. The van der Waals surface area contributed by atoms with Gasteiger partial charge in [0.2, 0.25) is 10.0 Å². The average Bonchev–Trinajstić information content (AvgIpc) is 3.24. The molecule has 1 aromatic heterocycles. The van der Waals surface area contributed by atoms with Crippen molar-refractivity contribution in [2.75, 3.05) is 32.1 Å². The zero-order chi connectivity index (χ0) is 23.7. The first-order valence-electron chi connectivity index (χ1n) is 11.2. The SMILES string of the molecule is CCn1c(SCC(=O)c2ccc3ccccc3c2)nc2cc(S(=O)(=O)N3CCOCC3)ccc21. The highest BCUT2D eigenvalue weighted by Crippen LogP contribution is 2.28. The van der Waals surface area contributed by atoms with Crippen molar-refractivity contribution in [2.24, 2.45) is 0 Å². The second-order valence-corrected chi connectivity index (χ2v) is 11.0. The molecule has 0 unspecified atom stereocenters. The van der Waals surface area contributed by atoms with E-state index in [1.165, 1.54) is 16.1 Å². The van der Waals surface area contributed by atoms with Crippen LogP contribution in [0.3, 0.4) is 0 Å². The van der Waals surface area contributed by atoms with Gasteiger partial charge in [0.1, 0.15) is 0 Å². The first-order valence-corrected chi connectivity index (χ1v) is 13.6. The molecule has 5 rings (SSSR count). The number of sulfonamides is 1. The Bertz CT molecular complexity index is 1470. The van der Waals surface area contributed by atoms with Gasteiger partial charge < -0.3 is 9.30 Å². The number of ketones is 1. The van der Waals surface area contributed by atoms with Gasteiger partial charge in [-0.15, -0.1) is 0 Å². The van der Waals surface area contributed by atoms with E-state index in [-0.39, 0.29) is 16.4 Å². The predicted octanol–water partition coefficient (Wildman–Crippen LogP) is 4.21. The van der Waals surface area contributed by atoms with Crippen LogP contribution in [0, 0.1) is 0 Å². The Morgan fingerprint density at radius 1 is 1.03 bits per heavy atom. The van der Waals surface area contributed by atoms with Crippen molar-refractivity contribution in [1.82, 2.24) is 13.9 Å². The second kappa shape index (κ2) is 9.50. The molecule has 0 aliphatic carbocycles. The van der Waals surface area contributed by atoms with E-state index >= 15 is 0 Å². The minimum absolute atomic E-state index is 0.0287. The molecule has 1 aliphatic heterocycles. The van der Waals surface area contributed by atoms with Crippen LogP contribution in [0.2, 0.25) is 0 Å². The number of Topliss-reactive ketones (excluding diaryl/α,β-unsaturated/α-hetero) is 1. The van der Waals surface area contributed by atoms with E-state index in [2.05, 4.69) is 4.98 Å². The number of fused-ring (bicyclic) bond motifs is 2. The van der Waals surface area contributed by atoms with Crippen LogP contribution < -0.4 is 0 Å². The molecule has 4 aromatic rings. The quantitative estimate of drug-likeness (QED) is 0.282. The number of carbonyl (C=O) groups is 1. The van der Waals surface area contributed by atoms with Gasteiger partial charge in [0, 0.05) is 25.2 Å². The van der Waals surface area contributed by atoms with E-state index in [1.54, 1.807) is 18.2 Å². The van der Waals surface area contributed by atoms with Gasteiger partial charge in [0.25, 0.3) is 0 Å². The third-order valence-corrected chi connectivity index (χ3v) is 8.88. The molecule has 0 saturated carbocycles. The molecule has 1 saturated heterocycles. The molecule has 0 N–H and O–H groups in total. The van der Waals surface area contributed by atoms with Gasteiger partial charge in [-0.3, -0.25) is 4.79 Å². The fourth-order valence-corrected chi connectivity index (χ4v) is 6.58. The van der Waals surface area contributed by atoms with E-state index in [1.807, 2.05) is 54.0 Å². The molecule has 0 bridgehead atoms. The second-order valence-electron chi connectivity index (χ2n) is 8.08. The summed E-state index contributed by atoms with van der Waals surface area (Å²) in [5.74, 6) is 0.279. The Balaban J connectivity index is 1.39. The maximum absolute atomic E-state index is 13.0. The summed E-state index contributed by atoms with van der Waals surface area (Å²) in [4.78, 5) is 17.8. The summed E-state index contributed by atoms with van der Waals surface area (Å²) in [5, 5.41) is 2.84. The molecule has 1 fully saturated rings. The van der Waals surface area contributed by atoms with Crippen molar-refractivity contribution in [3.05, 3.63) is 66.2 Å². The fraction of sp³-hybridized carbons (Fsp3) is 0.280. The standard InChI is InChI=1S/C25H25N3O4S2/c1-2-28-23-10-9-21(34(30,31)27-11-13-32-14-12-27)16-22(23)26-25(28)33-17-24(29)20-8-7-18-5-3-4-6-19(18)15-20/h3-10,15-16H,2,11-14,17H2,1H3. The van der Waals surface area contributed by atoms with Crippen molar-refractivity contribution < 1.29 is 17.9 Å². The minimum Gasteiger partial charge on any atom is -0.379 e. The Labute approximate surface area is 202 Å². The van der Waals surface area contributed by atoms with Crippen LogP contribution >= 0.6 is 11.8 Å². The Morgan fingerprint density at radius 2 is 1.79 bits per heavy atom. The van der Waals surface area contributed by atoms with Gasteiger partial charge in [0.05, 0.1) is 34.9 Å². The number of benzene rings is 3. The van der Waals surface area contributed by atoms with Crippen molar-refractivity contribution in [3.63, 3.8) is 0 Å². The van der Waals surface area contributed by atoms with Crippen molar-refractivity contribution in [1.29, 1.82) is 0 Å². The van der Waals surface area contributed by atoms with E-state index in [9.17, 15) is 13.2 Å². The number of imidazole rings is 1. The zero-order valence-electron chi connectivity index (χ0n) is 18.8. The van der Waals surface area contributed by atoms with E-state index in [0.717, 1.165) is 16.3 Å². The summed E-state index contributed by atoms with van der Waals surface area (Å²) in [6.07, 6.45) is 0. The van der Waals surface area contributed by atoms with Crippen LogP contribution in [0.5, 0.6) is 0 Å². The van der Waals surface area contributed by atoms with E-state index in [4.69, 9.17) is 4.74 Å². The summed E-state index contributed by atoms with van der Waals surface area (Å²) in [6, 6.07) is 18.8. The molecule has 176 valence electrons. The molecule has 34 heavy (non-hydrogen) atoms. The van der Waals surface area contributed by atoms with Crippen LogP contribution in [-0.2, 0) is 21.3 Å². The number of rotatable bonds is 7. The molecule has 0 amide bonds. The Kier molecular flexibility index (Phi) is 6.44. The third-order valence-electron chi connectivity index (χ3n) is 6.01. The maximum atomic E-state index is 13.0. The normalized spacial score (nSPS) is 15.2. The summed E-state index contributed by atoms with van der Waals surface area (Å²) in [6.45, 7) is 4.17. The van der Waals surface area contributed by atoms with Crippen molar-refractivity contribution >= 4 is 49.4 Å². The lowest BCUT2D eigenvalue weighted by Gasteiger charge is -2.26. The van der Waals surface area contributed by atoms with Crippen LogP contribution in [-0.4, -0.2) is 60.1 Å². The number of nitrogens with zero attached hydrogens (tertiary/aromatic N) is 3. The highest BCUT2D eigenvalue weighted by molar-refractivity contribution is 7.99. The molecule has 3 aromatic carbocycles. The monoisotopic (exact) mass is 495 g/mol. The molecule has 2 heterocycles. The Morgan fingerprint density at radius 3 is 2.56 bits per heavy atom. The smallest absolute Gasteiger partial charge is 0.243 e. The Hall–Kier alpha value is -2.72. The summed E-state index contributed by atoms with van der Waals surface area (Å²) >= 11 is 1.37. The summed E-state index contributed by atoms with van der Waals surface area (Å²) in [5.41, 5.74) is 2.13. The van der Waals surface area contributed by atoms with Gasteiger partial charge in [-0.25, -0.2) is 13.4 Å². The molecule has 0 radical (unpaired) electrons. The lowest BCUT2D eigenvalue weighted by atomic mass is 10.1. The molecule has 1 aliphatic rings. The molecular weight excluding hydrogens is 470 g/mol. The van der Waals surface area contributed by atoms with Gasteiger partial charge in [-0.1, -0.05) is 48.2 Å². The number of thioether (sulfide) groups is 1. The van der Waals surface area contributed by atoms with E-state index < -0.39 is 10.0 Å². The van der Waals surface area contributed by atoms with Crippen molar-refractivity contribution in [2.45, 2.75) is 23.5 Å². The third kappa shape index (κ3) is 4.36. The molecule has 7 nitrogen and oxygen atoms in total. The topological polar surface area (TPSA) is 81.5 Å². The average molecular weight is 496 g/mol. The largest absolute Gasteiger partial charge is 0.379 e. The molecule has 0 atom stereocenters. The van der Waals surface area contributed by atoms with E-state index in [0.29, 0.717) is 49.1 Å². The number of ether oxygens (including phenoxy) is 1. The number of carbonyl (C=O) groups excluding carboxylic acids is 1.